The molecule has 3 saturated heterocycles. The molecule has 3 aromatic rings. The van der Waals surface area contributed by atoms with Gasteiger partial charge in [0.1, 0.15) is 21.5 Å². The molecule has 1 spiro atoms. The molecule has 40 heavy (non-hydrogen) atoms. The molecule has 1 aromatic carbocycles. The van der Waals surface area contributed by atoms with Gasteiger partial charge in [0.15, 0.2) is 0 Å². The fraction of sp³-hybridized carbons (Fsp3) is 0.567. The Morgan fingerprint density at radius 2 is 1.82 bits per heavy atom. The number of nitrogens with one attached hydrogen (secondary N) is 1. The van der Waals surface area contributed by atoms with Gasteiger partial charge in [-0.15, -0.1) is 0 Å². The summed E-state index contributed by atoms with van der Waals surface area (Å²) in [6.45, 7) is 8.58. The minimum Gasteiger partial charge on any atom is -0.375 e. The minimum atomic E-state index is -2.97. The molecule has 5 heterocycles. The number of fused-ring (bicyclic) bond motifs is 1. The van der Waals surface area contributed by atoms with Gasteiger partial charge in [0.25, 0.3) is 0 Å². The zero-order valence-electron chi connectivity index (χ0n) is 23.8. The van der Waals surface area contributed by atoms with Crippen molar-refractivity contribution in [2.45, 2.75) is 57.5 Å². The van der Waals surface area contributed by atoms with Gasteiger partial charge in [0.05, 0.1) is 11.4 Å². The molecule has 0 unspecified atom stereocenters. The monoisotopic (exact) mass is 564 g/mol. The van der Waals surface area contributed by atoms with Crippen molar-refractivity contribution in [1.29, 1.82) is 0 Å². The van der Waals surface area contributed by atoms with Gasteiger partial charge in [0.2, 0.25) is 5.95 Å². The summed E-state index contributed by atoms with van der Waals surface area (Å²) >= 11 is 0. The number of aromatic nitrogens is 3. The van der Waals surface area contributed by atoms with Crippen molar-refractivity contribution in [3.8, 4) is 0 Å². The molecule has 6 rings (SSSR count). The maximum Gasteiger partial charge on any atom is 0.227 e. The molecular formula is C30H40N6O3S. The van der Waals surface area contributed by atoms with Crippen LogP contribution in [0.25, 0.3) is 10.8 Å². The van der Waals surface area contributed by atoms with E-state index in [1.807, 2.05) is 18.5 Å². The summed E-state index contributed by atoms with van der Waals surface area (Å²) in [5.41, 5.74) is 2.42. The Kier molecular flexibility index (Phi) is 7.33. The van der Waals surface area contributed by atoms with Crippen LogP contribution in [0, 0.1) is 5.92 Å². The maximum absolute atomic E-state index is 11.7. The van der Waals surface area contributed by atoms with Crippen molar-refractivity contribution >= 4 is 43.9 Å². The number of nitrogens with zero attached hydrogens (tertiary/aromatic N) is 5. The first kappa shape index (κ1) is 27.2. The van der Waals surface area contributed by atoms with Crippen LogP contribution in [-0.4, -0.2) is 73.8 Å². The minimum absolute atomic E-state index is 0.0528. The highest BCUT2D eigenvalue weighted by molar-refractivity contribution is 7.90. The third kappa shape index (κ3) is 5.74. The largest absolute Gasteiger partial charge is 0.375 e. The molecule has 3 aliphatic rings. The quantitative estimate of drug-likeness (QED) is 0.429. The highest BCUT2D eigenvalue weighted by Crippen LogP contribution is 2.38. The highest BCUT2D eigenvalue weighted by Gasteiger charge is 2.37. The summed E-state index contributed by atoms with van der Waals surface area (Å²) < 4.78 is 29.6. The maximum atomic E-state index is 11.7. The number of sulfone groups is 1. The van der Waals surface area contributed by atoms with Gasteiger partial charge in [-0.3, -0.25) is 0 Å². The van der Waals surface area contributed by atoms with E-state index in [0.717, 1.165) is 86.1 Å². The fourth-order valence-electron chi connectivity index (χ4n) is 6.51. The van der Waals surface area contributed by atoms with Gasteiger partial charge in [-0.1, -0.05) is 19.9 Å². The first-order chi connectivity index (χ1) is 19.2. The molecule has 0 atom stereocenters. The van der Waals surface area contributed by atoms with Crippen LogP contribution in [0.15, 0.2) is 36.7 Å². The molecule has 1 N–H and O–H groups in total. The van der Waals surface area contributed by atoms with Crippen molar-refractivity contribution in [2.24, 2.45) is 5.92 Å². The molecule has 2 aromatic heterocycles. The summed E-state index contributed by atoms with van der Waals surface area (Å²) in [6, 6.07) is 8.33. The fourth-order valence-corrected chi connectivity index (χ4v) is 7.58. The lowest BCUT2D eigenvalue weighted by atomic mass is 9.84. The van der Waals surface area contributed by atoms with E-state index in [0.29, 0.717) is 5.92 Å². The number of hydrogen-bond acceptors (Lipinski definition) is 9. The van der Waals surface area contributed by atoms with Gasteiger partial charge in [-0.05, 0) is 67.2 Å². The molecule has 0 bridgehead atoms. The van der Waals surface area contributed by atoms with Crippen molar-refractivity contribution in [3.63, 3.8) is 0 Å². The molecule has 3 fully saturated rings. The van der Waals surface area contributed by atoms with E-state index in [1.165, 1.54) is 24.7 Å². The number of hydrogen-bond donors (Lipinski definition) is 1. The van der Waals surface area contributed by atoms with Gasteiger partial charge in [0, 0.05) is 68.4 Å². The number of anilines is 4. The predicted molar refractivity (Wildman–Crippen MR) is 161 cm³/mol. The molecule has 0 aliphatic carbocycles. The second-order valence-electron chi connectivity index (χ2n) is 12.1. The Morgan fingerprint density at radius 3 is 2.52 bits per heavy atom. The Bertz CT molecular complexity index is 1470. The molecule has 9 nitrogen and oxygen atoms in total. The van der Waals surface area contributed by atoms with Crippen LogP contribution in [0.4, 0.5) is 23.3 Å². The van der Waals surface area contributed by atoms with Gasteiger partial charge < -0.3 is 19.9 Å². The van der Waals surface area contributed by atoms with Gasteiger partial charge in [-0.25, -0.2) is 18.4 Å². The second-order valence-corrected chi connectivity index (χ2v) is 14.3. The SMILES string of the molecule is CC(C)c1ccc(N2CC(CS(C)(=O)=O)C2)c2cnc(Nc3ccnc(N4CCC5(CCCCO5)CC4)n3)cc12. The summed E-state index contributed by atoms with van der Waals surface area (Å²) in [5, 5.41) is 5.65. The number of ether oxygens (including phenoxy) is 1. The van der Waals surface area contributed by atoms with Crippen molar-refractivity contribution in [1.82, 2.24) is 15.0 Å². The van der Waals surface area contributed by atoms with E-state index in [2.05, 4.69) is 52.1 Å². The van der Waals surface area contributed by atoms with Gasteiger partial charge in [-0.2, -0.15) is 4.98 Å². The average Bonchev–Trinajstić information content (AvgIpc) is 2.90. The van der Waals surface area contributed by atoms with Crippen LogP contribution < -0.4 is 15.1 Å². The van der Waals surface area contributed by atoms with Crippen LogP contribution in [0.3, 0.4) is 0 Å². The average molecular weight is 565 g/mol. The molecular weight excluding hydrogens is 524 g/mol. The topological polar surface area (TPSA) is 101 Å². The summed E-state index contributed by atoms with van der Waals surface area (Å²) in [4.78, 5) is 18.7. The Labute approximate surface area is 237 Å². The van der Waals surface area contributed by atoms with Crippen LogP contribution in [0.5, 0.6) is 0 Å². The standard InChI is InChI=1S/C30H40N6O3S/c1-21(2)23-6-7-26(36-18-22(19-36)20-40(3,37)38)25-17-32-28(16-24(23)25)33-27-8-12-31-29(34-27)35-13-10-30(11-14-35)9-4-5-15-39-30/h6-8,12,16-17,21-22H,4-5,9-11,13-15,18-20H2,1-3H3,(H,31,32,33,34). The van der Waals surface area contributed by atoms with Crippen molar-refractivity contribution in [2.75, 3.05) is 59.9 Å². The van der Waals surface area contributed by atoms with Crippen LogP contribution in [0.2, 0.25) is 0 Å². The smallest absolute Gasteiger partial charge is 0.227 e. The normalized spacial score (nSPS) is 19.8. The molecule has 10 heteroatoms. The lowest BCUT2D eigenvalue weighted by Crippen LogP contribution is -2.49. The lowest BCUT2D eigenvalue weighted by Gasteiger charge is -2.43. The zero-order valence-corrected chi connectivity index (χ0v) is 24.6. The van der Waals surface area contributed by atoms with Crippen molar-refractivity contribution in [3.05, 3.63) is 42.2 Å². The Morgan fingerprint density at radius 1 is 1.02 bits per heavy atom. The molecule has 3 aliphatic heterocycles. The number of rotatable bonds is 7. The van der Waals surface area contributed by atoms with Crippen LogP contribution >= 0.6 is 0 Å². The molecule has 0 saturated carbocycles. The van der Waals surface area contributed by atoms with E-state index in [9.17, 15) is 8.42 Å². The third-order valence-corrected chi connectivity index (χ3v) is 9.74. The Balaban J connectivity index is 1.20. The first-order valence-electron chi connectivity index (χ1n) is 14.5. The van der Waals surface area contributed by atoms with E-state index < -0.39 is 9.84 Å². The molecule has 0 radical (unpaired) electrons. The predicted octanol–water partition coefficient (Wildman–Crippen LogP) is 4.91. The first-order valence-corrected chi connectivity index (χ1v) is 16.6. The Hall–Kier alpha value is -2.98. The van der Waals surface area contributed by atoms with Crippen molar-refractivity contribution < 1.29 is 13.2 Å². The van der Waals surface area contributed by atoms with E-state index in [4.69, 9.17) is 14.7 Å². The van der Waals surface area contributed by atoms with Crippen LogP contribution in [0.1, 0.15) is 57.4 Å². The third-order valence-electron chi connectivity index (χ3n) is 8.66. The van der Waals surface area contributed by atoms with Crippen LogP contribution in [-0.2, 0) is 14.6 Å². The molecule has 214 valence electrons. The lowest BCUT2D eigenvalue weighted by molar-refractivity contribution is -0.0921. The summed E-state index contributed by atoms with van der Waals surface area (Å²) in [5.74, 6) is 2.97. The summed E-state index contributed by atoms with van der Waals surface area (Å²) in [7, 11) is -2.97. The zero-order chi connectivity index (χ0) is 27.9. The second kappa shape index (κ2) is 10.8. The number of pyridine rings is 1. The van der Waals surface area contributed by atoms with E-state index in [1.54, 1.807) is 0 Å². The summed E-state index contributed by atoms with van der Waals surface area (Å²) in [6.07, 6.45) is 10.7. The highest BCUT2D eigenvalue weighted by atomic mass is 32.2. The number of benzene rings is 1. The van der Waals surface area contributed by atoms with Gasteiger partial charge >= 0.3 is 0 Å². The molecule has 0 amide bonds. The van der Waals surface area contributed by atoms with E-state index in [-0.39, 0.29) is 17.3 Å². The van der Waals surface area contributed by atoms with E-state index >= 15 is 0 Å². The number of piperidine rings is 1.